The van der Waals surface area contributed by atoms with Crippen LogP contribution in [0.4, 0.5) is 26.3 Å². The second-order valence-electron chi connectivity index (χ2n) is 7.18. The Morgan fingerprint density at radius 2 is 1.52 bits per heavy atom. The number of rotatable bonds is 4. The minimum atomic E-state index is -5.09. The molecule has 1 fully saturated rings. The van der Waals surface area contributed by atoms with Crippen LogP contribution in [-0.2, 0) is 17.1 Å². The summed E-state index contributed by atoms with van der Waals surface area (Å²) in [6.45, 7) is 2.64. The summed E-state index contributed by atoms with van der Waals surface area (Å²) in [7, 11) is 0. The van der Waals surface area contributed by atoms with Gasteiger partial charge in [0.2, 0.25) is 0 Å². The van der Waals surface area contributed by atoms with E-state index in [9.17, 15) is 35.9 Å². The van der Waals surface area contributed by atoms with Gasteiger partial charge >= 0.3 is 12.4 Å². The predicted molar refractivity (Wildman–Crippen MR) is 101 cm³/mol. The maximum Gasteiger partial charge on any atom is 0.416 e. The topological polar surface area (TPSA) is 84.4 Å². The first kappa shape index (κ1) is 24.4. The molecule has 1 aromatic carbocycles. The quantitative estimate of drug-likeness (QED) is 0.684. The molecule has 1 unspecified atom stereocenters. The van der Waals surface area contributed by atoms with Crippen molar-refractivity contribution >= 4 is 11.8 Å². The number of nitrogens with one attached hydrogen (secondary N) is 1. The Hall–Kier alpha value is -3.22. The molecule has 2 amide bonds. The minimum Gasteiger partial charge on any atom is -0.378 e. The highest BCUT2D eigenvalue weighted by molar-refractivity contribution is 5.96. The Balaban J connectivity index is 1.88. The molecule has 0 spiro atoms. The fourth-order valence-electron chi connectivity index (χ4n) is 3.18. The van der Waals surface area contributed by atoms with Crippen LogP contribution in [0.15, 0.2) is 30.6 Å². The molecule has 13 heteroatoms. The van der Waals surface area contributed by atoms with Crippen molar-refractivity contribution < 1.29 is 40.7 Å². The van der Waals surface area contributed by atoms with Crippen molar-refractivity contribution in [2.24, 2.45) is 0 Å². The molecule has 2 aromatic rings. The van der Waals surface area contributed by atoms with Gasteiger partial charge in [-0.1, -0.05) is 0 Å². The zero-order valence-electron chi connectivity index (χ0n) is 17.1. The zero-order chi connectivity index (χ0) is 24.4. The van der Waals surface area contributed by atoms with Crippen LogP contribution in [0, 0.1) is 0 Å². The van der Waals surface area contributed by atoms with Gasteiger partial charge < -0.3 is 15.0 Å². The maximum absolute atomic E-state index is 13.1. The van der Waals surface area contributed by atoms with Gasteiger partial charge in [0.1, 0.15) is 0 Å². The van der Waals surface area contributed by atoms with Gasteiger partial charge in [-0.05, 0) is 25.1 Å². The highest BCUT2D eigenvalue weighted by atomic mass is 19.4. The molecule has 33 heavy (non-hydrogen) atoms. The number of ether oxygens (including phenoxy) is 1. The number of alkyl halides is 6. The Kier molecular flexibility index (Phi) is 6.91. The SMILES string of the molecule is CC(NC(=O)c1cc(C(F)(F)F)cc(C(F)(F)F)c1)c1nccnc1C(=O)N1CCOCC1. The van der Waals surface area contributed by atoms with E-state index in [0.717, 1.165) is 0 Å². The summed E-state index contributed by atoms with van der Waals surface area (Å²) in [5.74, 6) is -1.68. The van der Waals surface area contributed by atoms with Crippen molar-refractivity contribution in [1.82, 2.24) is 20.2 Å². The molecule has 1 aliphatic heterocycles. The first-order valence-electron chi connectivity index (χ1n) is 9.66. The van der Waals surface area contributed by atoms with Crippen molar-refractivity contribution in [2.75, 3.05) is 26.3 Å². The number of carbonyl (C=O) groups excluding carboxylic acids is 2. The van der Waals surface area contributed by atoms with Gasteiger partial charge in [0.15, 0.2) is 5.69 Å². The molecule has 0 radical (unpaired) electrons. The van der Waals surface area contributed by atoms with Crippen molar-refractivity contribution in [2.45, 2.75) is 25.3 Å². The van der Waals surface area contributed by atoms with E-state index in [0.29, 0.717) is 38.4 Å². The zero-order valence-corrected chi connectivity index (χ0v) is 17.1. The third kappa shape index (κ3) is 5.78. The number of halogens is 6. The van der Waals surface area contributed by atoms with Gasteiger partial charge in [-0.2, -0.15) is 26.3 Å². The van der Waals surface area contributed by atoms with E-state index in [-0.39, 0.29) is 17.5 Å². The summed E-state index contributed by atoms with van der Waals surface area (Å²) in [5.41, 5.74) is -4.14. The molecule has 0 saturated carbocycles. The van der Waals surface area contributed by atoms with Crippen LogP contribution in [0.3, 0.4) is 0 Å². The van der Waals surface area contributed by atoms with E-state index in [1.165, 1.54) is 24.2 Å². The van der Waals surface area contributed by atoms with E-state index >= 15 is 0 Å². The number of morpholine rings is 1. The van der Waals surface area contributed by atoms with Crippen LogP contribution in [0.2, 0.25) is 0 Å². The fourth-order valence-corrected chi connectivity index (χ4v) is 3.18. The summed E-state index contributed by atoms with van der Waals surface area (Å²) in [5, 5.41) is 2.30. The van der Waals surface area contributed by atoms with Gasteiger partial charge in [-0.3, -0.25) is 14.6 Å². The Morgan fingerprint density at radius 3 is 2.06 bits per heavy atom. The van der Waals surface area contributed by atoms with Crippen LogP contribution < -0.4 is 5.32 Å². The molecule has 2 heterocycles. The highest BCUT2D eigenvalue weighted by Crippen LogP contribution is 2.36. The average Bonchev–Trinajstić information content (AvgIpc) is 2.77. The lowest BCUT2D eigenvalue weighted by atomic mass is 10.0. The standard InChI is InChI=1S/C20H18F6N4O3/c1-11(15-16(28-3-2-27-15)18(32)30-4-6-33-7-5-30)29-17(31)12-8-13(19(21,22)23)10-14(9-12)20(24,25)26/h2-3,8-11H,4-7H2,1H3,(H,29,31). The lowest BCUT2D eigenvalue weighted by Crippen LogP contribution is -2.42. The van der Waals surface area contributed by atoms with Gasteiger partial charge in [0, 0.05) is 31.0 Å². The number of nitrogens with zero attached hydrogens (tertiary/aromatic N) is 3. The van der Waals surface area contributed by atoms with Crippen LogP contribution in [0.5, 0.6) is 0 Å². The summed E-state index contributed by atoms with van der Waals surface area (Å²) in [4.78, 5) is 34.9. The molecule has 3 rings (SSSR count). The Bertz CT molecular complexity index is 1000. The number of aromatic nitrogens is 2. The summed E-state index contributed by atoms with van der Waals surface area (Å²) >= 11 is 0. The first-order valence-corrected chi connectivity index (χ1v) is 9.66. The van der Waals surface area contributed by atoms with Crippen LogP contribution >= 0.6 is 0 Å². The van der Waals surface area contributed by atoms with Gasteiger partial charge in [0.25, 0.3) is 11.8 Å². The highest BCUT2D eigenvalue weighted by Gasteiger charge is 2.37. The Morgan fingerprint density at radius 1 is 0.970 bits per heavy atom. The molecular weight excluding hydrogens is 458 g/mol. The van der Waals surface area contributed by atoms with E-state index in [4.69, 9.17) is 4.74 Å². The van der Waals surface area contributed by atoms with E-state index in [1.54, 1.807) is 0 Å². The number of carbonyl (C=O) groups is 2. The lowest BCUT2D eigenvalue weighted by molar-refractivity contribution is -0.143. The smallest absolute Gasteiger partial charge is 0.378 e. The normalized spacial score (nSPS) is 15.8. The van der Waals surface area contributed by atoms with Crippen LogP contribution in [0.1, 0.15) is 50.6 Å². The van der Waals surface area contributed by atoms with Crippen molar-refractivity contribution in [3.8, 4) is 0 Å². The monoisotopic (exact) mass is 476 g/mol. The molecular formula is C20H18F6N4O3. The second kappa shape index (κ2) is 9.33. The lowest BCUT2D eigenvalue weighted by Gasteiger charge is -2.27. The van der Waals surface area contributed by atoms with Crippen molar-refractivity contribution in [1.29, 1.82) is 0 Å². The largest absolute Gasteiger partial charge is 0.416 e. The van der Waals surface area contributed by atoms with Gasteiger partial charge in [-0.15, -0.1) is 0 Å². The Labute approximate surface area is 183 Å². The van der Waals surface area contributed by atoms with Crippen LogP contribution in [0.25, 0.3) is 0 Å². The number of hydrogen-bond acceptors (Lipinski definition) is 5. The molecule has 7 nitrogen and oxygen atoms in total. The predicted octanol–water partition coefficient (Wildman–Crippen LogP) is 3.48. The van der Waals surface area contributed by atoms with E-state index in [1.807, 2.05) is 0 Å². The third-order valence-electron chi connectivity index (χ3n) is 4.84. The molecule has 1 aliphatic rings. The number of benzene rings is 1. The van der Waals surface area contributed by atoms with Gasteiger partial charge in [-0.25, -0.2) is 4.98 Å². The van der Waals surface area contributed by atoms with E-state index < -0.39 is 46.9 Å². The summed E-state index contributed by atoms with van der Waals surface area (Å²) in [6.07, 6.45) is -7.68. The maximum atomic E-state index is 13.1. The molecule has 0 aliphatic carbocycles. The molecule has 1 N–H and O–H groups in total. The van der Waals surface area contributed by atoms with Crippen molar-refractivity contribution in [3.63, 3.8) is 0 Å². The summed E-state index contributed by atoms with van der Waals surface area (Å²) in [6, 6.07) is -0.459. The fraction of sp³-hybridized carbons (Fsp3) is 0.400. The second-order valence-corrected chi connectivity index (χ2v) is 7.18. The van der Waals surface area contributed by atoms with E-state index in [2.05, 4.69) is 15.3 Å². The minimum absolute atomic E-state index is 0.0189. The summed E-state index contributed by atoms with van der Waals surface area (Å²) < 4.78 is 83.6. The average molecular weight is 476 g/mol. The van der Waals surface area contributed by atoms with Crippen molar-refractivity contribution in [3.05, 3.63) is 58.7 Å². The number of hydrogen-bond donors (Lipinski definition) is 1. The number of amides is 2. The molecule has 0 bridgehead atoms. The third-order valence-corrected chi connectivity index (χ3v) is 4.84. The molecule has 1 atom stereocenters. The first-order chi connectivity index (χ1) is 15.4. The van der Waals surface area contributed by atoms with Gasteiger partial charge in [0.05, 0.1) is 36.1 Å². The van der Waals surface area contributed by atoms with Crippen LogP contribution in [-0.4, -0.2) is 53.0 Å². The molecule has 1 aromatic heterocycles. The molecule has 1 saturated heterocycles. The molecule has 178 valence electrons.